The molecule has 2 amide bonds. The number of amides is 2. The molecular formula is C34H46N4O4. The second-order valence-corrected chi connectivity index (χ2v) is 12.2. The molecule has 8 heteroatoms. The Balaban J connectivity index is 1.54. The van der Waals surface area contributed by atoms with E-state index >= 15 is 0 Å². The fourth-order valence-corrected chi connectivity index (χ4v) is 6.90. The lowest BCUT2D eigenvalue weighted by molar-refractivity contribution is -0.137. The first-order chi connectivity index (χ1) is 20.2. The topological polar surface area (TPSA) is 126 Å². The number of nitrogens with zero attached hydrogens (tertiary/aromatic N) is 1. The molecule has 1 aromatic heterocycles. The number of rotatable bonds is 14. The Bertz CT molecular complexity index is 1380. The van der Waals surface area contributed by atoms with Crippen LogP contribution >= 0.6 is 0 Å². The van der Waals surface area contributed by atoms with Crippen LogP contribution in [0.4, 0.5) is 0 Å². The van der Waals surface area contributed by atoms with Gasteiger partial charge in [0.2, 0.25) is 11.8 Å². The van der Waals surface area contributed by atoms with Crippen LogP contribution in [0.3, 0.4) is 0 Å². The molecule has 1 heterocycles. The predicted molar refractivity (Wildman–Crippen MR) is 166 cm³/mol. The minimum Gasteiger partial charge on any atom is -0.477 e. The zero-order chi connectivity index (χ0) is 30.3. The number of aromatic nitrogens is 1. The maximum Gasteiger partial charge on any atom is 0.352 e. The maximum atomic E-state index is 14.1. The molecule has 5 N–H and O–H groups in total. The third kappa shape index (κ3) is 6.70. The first-order valence-corrected chi connectivity index (χ1v) is 15.3. The van der Waals surface area contributed by atoms with Crippen LogP contribution < -0.4 is 16.4 Å². The van der Waals surface area contributed by atoms with Crippen molar-refractivity contribution in [2.24, 2.45) is 24.6 Å². The fraction of sp³-hybridized carbons (Fsp3) is 0.500. The van der Waals surface area contributed by atoms with Gasteiger partial charge in [-0.05, 0) is 62.6 Å². The van der Waals surface area contributed by atoms with Crippen molar-refractivity contribution in [3.8, 4) is 0 Å². The molecule has 0 aliphatic heterocycles. The lowest BCUT2D eigenvalue weighted by Gasteiger charge is -2.42. The van der Waals surface area contributed by atoms with Crippen molar-refractivity contribution in [2.75, 3.05) is 13.1 Å². The predicted octanol–water partition coefficient (Wildman–Crippen LogP) is 4.93. The summed E-state index contributed by atoms with van der Waals surface area (Å²) in [6.45, 7) is 5.73. The molecular weight excluding hydrogens is 528 g/mol. The summed E-state index contributed by atoms with van der Waals surface area (Å²) in [4.78, 5) is 40.2. The molecule has 0 radical (unpaired) electrons. The smallest absolute Gasteiger partial charge is 0.352 e. The largest absolute Gasteiger partial charge is 0.477 e. The van der Waals surface area contributed by atoms with Crippen molar-refractivity contribution in [1.29, 1.82) is 0 Å². The van der Waals surface area contributed by atoms with Gasteiger partial charge in [-0.25, -0.2) is 4.79 Å². The summed E-state index contributed by atoms with van der Waals surface area (Å²) >= 11 is 0. The van der Waals surface area contributed by atoms with Crippen LogP contribution in [-0.4, -0.2) is 46.6 Å². The Morgan fingerprint density at radius 3 is 2.45 bits per heavy atom. The zero-order valence-electron chi connectivity index (χ0n) is 25.2. The zero-order valence-corrected chi connectivity index (χ0v) is 25.2. The number of benzene rings is 2. The van der Waals surface area contributed by atoms with Crippen LogP contribution in [0.25, 0.3) is 10.9 Å². The molecule has 3 aromatic rings. The number of hydrogen-bond acceptors (Lipinski definition) is 4. The summed E-state index contributed by atoms with van der Waals surface area (Å²) < 4.78 is 1.60. The number of carboxylic acids is 1. The minimum atomic E-state index is -1.41. The maximum absolute atomic E-state index is 14.1. The van der Waals surface area contributed by atoms with E-state index in [0.29, 0.717) is 48.2 Å². The normalized spacial score (nSPS) is 19.6. The molecule has 1 aliphatic carbocycles. The molecule has 1 fully saturated rings. The number of primary amides is 1. The highest BCUT2D eigenvalue weighted by atomic mass is 16.4. The quantitative estimate of drug-likeness (QED) is 0.203. The Morgan fingerprint density at radius 2 is 1.76 bits per heavy atom. The molecule has 1 saturated carbocycles. The van der Waals surface area contributed by atoms with E-state index in [4.69, 9.17) is 5.73 Å². The molecule has 8 nitrogen and oxygen atoms in total. The molecule has 42 heavy (non-hydrogen) atoms. The molecule has 1 unspecified atom stereocenters. The van der Waals surface area contributed by atoms with Crippen molar-refractivity contribution < 1.29 is 19.5 Å². The number of unbranched alkanes of at least 4 members (excludes halogenated alkanes) is 1. The molecule has 1 aliphatic rings. The molecule has 0 saturated heterocycles. The molecule has 0 spiro atoms. The number of aryl methyl sites for hydroxylation is 2. The van der Waals surface area contributed by atoms with Crippen LogP contribution in [0.2, 0.25) is 0 Å². The number of carbonyl (C=O) groups is 3. The molecule has 4 rings (SSSR count). The van der Waals surface area contributed by atoms with Gasteiger partial charge in [-0.15, -0.1) is 0 Å². The Morgan fingerprint density at radius 1 is 1.05 bits per heavy atom. The third-order valence-electron chi connectivity index (χ3n) is 8.83. The van der Waals surface area contributed by atoms with Gasteiger partial charge in [0.25, 0.3) is 0 Å². The molecule has 3 atom stereocenters. The van der Waals surface area contributed by atoms with Crippen LogP contribution in [0, 0.1) is 11.8 Å². The highest BCUT2D eigenvalue weighted by molar-refractivity contribution is 6.06. The first kappa shape index (κ1) is 31.3. The van der Waals surface area contributed by atoms with Crippen molar-refractivity contribution in [2.45, 2.75) is 76.7 Å². The van der Waals surface area contributed by atoms with Crippen LogP contribution in [-0.2, 0) is 28.5 Å². The fourth-order valence-electron chi connectivity index (χ4n) is 6.90. The number of nitrogens with one attached hydrogen (secondary N) is 2. The molecule has 0 bridgehead atoms. The number of hydrogen-bond donors (Lipinski definition) is 4. The van der Waals surface area contributed by atoms with E-state index in [2.05, 4.69) is 48.7 Å². The highest BCUT2D eigenvalue weighted by Gasteiger charge is 2.54. The number of para-hydroxylation sites is 1. The lowest BCUT2D eigenvalue weighted by Crippen LogP contribution is -2.56. The van der Waals surface area contributed by atoms with E-state index in [1.165, 1.54) is 5.56 Å². The van der Waals surface area contributed by atoms with Gasteiger partial charge in [-0.3, -0.25) is 9.59 Å². The minimum absolute atomic E-state index is 0.0191. The van der Waals surface area contributed by atoms with Gasteiger partial charge in [0.05, 0.1) is 11.3 Å². The van der Waals surface area contributed by atoms with Gasteiger partial charge in [-0.2, -0.15) is 0 Å². The van der Waals surface area contributed by atoms with Gasteiger partial charge in [0, 0.05) is 36.1 Å². The average Bonchev–Trinajstić information content (AvgIpc) is 3.27. The van der Waals surface area contributed by atoms with Crippen LogP contribution in [0.1, 0.15) is 80.4 Å². The van der Waals surface area contributed by atoms with E-state index in [1.807, 2.05) is 30.3 Å². The number of carboxylic acid groups (broad SMARTS) is 1. The van der Waals surface area contributed by atoms with E-state index < -0.39 is 23.2 Å². The summed E-state index contributed by atoms with van der Waals surface area (Å²) in [6, 6.07) is 17.7. The van der Waals surface area contributed by atoms with Crippen molar-refractivity contribution in [3.05, 3.63) is 71.4 Å². The molecule has 226 valence electrons. The van der Waals surface area contributed by atoms with E-state index in [-0.39, 0.29) is 17.6 Å². The Kier molecular flexibility index (Phi) is 10.4. The SMILES string of the molecule is CC(C)CC(CNCCCCc1ccccc1)NC(=O)[C@@H]1CCCC[C@@]1(C(N)=O)c1c(C(=O)O)n(C)c2ccccc12. The summed E-state index contributed by atoms with van der Waals surface area (Å²) in [6.07, 6.45) is 6.21. The Labute approximate surface area is 249 Å². The third-order valence-corrected chi connectivity index (χ3v) is 8.83. The van der Waals surface area contributed by atoms with Gasteiger partial charge in [0.15, 0.2) is 0 Å². The van der Waals surface area contributed by atoms with E-state index in [9.17, 15) is 19.5 Å². The average molecular weight is 575 g/mol. The van der Waals surface area contributed by atoms with Crippen LogP contribution in [0.15, 0.2) is 54.6 Å². The standard InChI is InChI=1S/C34H46N4O4/c1-23(2)21-25(22-36-20-12-10-15-24-13-5-4-6-14-24)37-31(39)27-17-9-11-19-34(27,33(35)42)29-26-16-7-8-18-28(26)38(3)30(29)32(40)41/h4-8,13-14,16,18,23,25,27,36H,9-12,15,17,19-22H2,1-3H3,(H2,35,42)(H,37,39)(H,40,41)/t25?,27-,34-/m0/s1. The summed E-state index contributed by atoms with van der Waals surface area (Å²) in [5, 5.41) is 17.7. The van der Waals surface area contributed by atoms with Gasteiger partial charge in [-0.1, -0.05) is 75.2 Å². The monoisotopic (exact) mass is 574 g/mol. The first-order valence-electron chi connectivity index (χ1n) is 15.3. The van der Waals surface area contributed by atoms with Crippen molar-refractivity contribution >= 4 is 28.7 Å². The summed E-state index contributed by atoms with van der Waals surface area (Å²) in [5.41, 5.74) is 7.19. The summed E-state index contributed by atoms with van der Waals surface area (Å²) in [7, 11) is 1.69. The number of fused-ring (bicyclic) bond motifs is 1. The summed E-state index contributed by atoms with van der Waals surface area (Å²) in [5.74, 6) is -2.40. The Hall–Kier alpha value is -3.65. The second kappa shape index (κ2) is 14.0. The van der Waals surface area contributed by atoms with Crippen molar-refractivity contribution in [3.63, 3.8) is 0 Å². The highest BCUT2D eigenvalue weighted by Crippen LogP contribution is 2.48. The number of aromatic carboxylic acids is 1. The van der Waals surface area contributed by atoms with E-state index in [0.717, 1.165) is 38.6 Å². The van der Waals surface area contributed by atoms with Gasteiger partial charge in [0.1, 0.15) is 5.69 Å². The second-order valence-electron chi connectivity index (χ2n) is 12.2. The molecule has 2 aromatic carbocycles. The van der Waals surface area contributed by atoms with Gasteiger partial charge >= 0.3 is 5.97 Å². The number of carbonyl (C=O) groups excluding carboxylic acids is 2. The van der Waals surface area contributed by atoms with E-state index in [1.54, 1.807) is 11.6 Å². The lowest BCUT2D eigenvalue weighted by atomic mass is 9.60. The van der Waals surface area contributed by atoms with Crippen LogP contribution in [0.5, 0.6) is 0 Å². The van der Waals surface area contributed by atoms with Gasteiger partial charge < -0.3 is 26.0 Å². The number of nitrogens with two attached hydrogens (primary N) is 1. The van der Waals surface area contributed by atoms with Crippen molar-refractivity contribution in [1.82, 2.24) is 15.2 Å².